The fourth-order valence-electron chi connectivity index (χ4n) is 4.81. The predicted molar refractivity (Wildman–Crippen MR) is 151 cm³/mol. The molecule has 0 aromatic heterocycles. The van der Waals surface area contributed by atoms with Crippen LogP contribution < -0.4 is 10.6 Å². The third-order valence-electron chi connectivity index (χ3n) is 6.17. The zero-order chi connectivity index (χ0) is 28.3. The monoisotopic (exact) mass is 560 g/mol. The number of aryl methyl sites for hydroxylation is 6. The Labute approximate surface area is 226 Å². The van der Waals surface area contributed by atoms with Crippen molar-refractivity contribution in [1.82, 2.24) is 0 Å². The largest absolute Gasteiger partial charge is 0.399 e. The van der Waals surface area contributed by atoms with Gasteiger partial charge in [0.25, 0.3) is 20.2 Å². The molecule has 0 radical (unpaired) electrons. The van der Waals surface area contributed by atoms with Crippen molar-refractivity contribution >= 4 is 31.6 Å². The molecule has 0 aliphatic rings. The van der Waals surface area contributed by atoms with Crippen molar-refractivity contribution < 1.29 is 25.2 Å². The minimum absolute atomic E-state index is 0.137. The molecule has 0 spiro atoms. The first-order valence-corrected chi connectivity index (χ1v) is 15.1. The summed E-state index contributed by atoms with van der Waals surface area (Å²) in [6.45, 7) is 10.9. The zero-order valence-corrected chi connectivity index (χ0v) is 24.4. The van der Waals surface area contributed by atoms with Crippen LogP contribution >= 0.6 is 0 Å². The maximum Gasteiger partial charge on any atom is 0.297 e. The molecule has 0 heterocycles. The highest BCUT2D eigenvalue weighted by Crippen LogP contribution is 2.25. The van der Waals surface area contributed by atoms with E-state index in [1.165, 1.54) is 0 Å². The number of nitrogen functional groups attached to an aromatic ring is 1. The number of hydrogen-bond acceptors (Lipinski definition) is 8. The minimum Gasteiger partial charge on any atom is -0.399 e. The van der Waals surface area contributed by atoms with Gasteiger partial charge in [0.1, 0.15) is 0 Å². The number of benzene rings is 3. The van der Waals surface area contributed by atoms with E-state index in [2.05, 4.69) is 0 Å². The van der Waals surface area contributed by atoms with Crippen molar-refractivity contribution in [2.24, 2.45) is 0 Å². The van der Waals surface area contributed by atoms with E-state index >= 15 is 0 Å². The molecule has 206 valence electrons. The highest BCUT2D eigenvalue weighted by molar-refractivity contribution is 7.87. The molecule has 2 N–H and O–H groups in total. The molecule has 0 amide bonds. The molecular formula is C28H36N2O6S2. The van der Waals surface area contributed by atoms with E-state index in [0.29, 0.717) is 27.9 Å². The molecule has 0 fully saturated rings. The Morgan fingerprint density at radius 2 is 0.974 bits per heavy atom. The second kappa shape index (κ2) is 11.9. The summed E-state index contributed by atoms with van der Waals surface area (Å²) in [5.41, 5.74) is 11.6. The predicted octanol–water partition coefficient (Wildman–Crippen LogP) is 4.74. The van der Waals surface area contributed by atoms with Crippen LogP contribution in [0.15, 0.2) is 58.3 Å². The minimum atomic E-state index is -3.99. The topological polar surface area (TPSA) is 116 Å². The molecule has 3 rings (SSSR count). The van der Waals surface area contributed by atoms with Crippen molar-refractivity contribution in [2.45, 2.75) is 51.3 Å². The van der Waals surface area contributed by atoms with E-state index in [0.717, 1.165) is 16.8 Å². The Balaban J connectivity index is 1.74. The first-order chi connectivity index (χ1) is 17.7. The lowest BCUT2D eigenvalue weighted by atomic mass is 10.1. The average Bonchev–Trinajstić information content (AvgIpc) is 2.76. The Kier molecular flexibility index (Phi) is 9.25. The Hall–Kier alpha value is -2.92. The first-order valence-electron chi connectivity index (χ1n) is 12.3. The molecule has 8 nitrogen and oxygen atoms in total. The summed E-state index contributed by atoms with van der Waals surface area (Å²) in [7, 11) is -7.98. The third-order valence-corrected chi connectivity index (χ3v) is 9.41. The molecule has 0 saturated heterocycles. The number of rotatable bonds is 11. The molecule has 3 aromatic carbocycles. The van der Waals surface area contributed by atoms with Crippen LogP contribution in [0.3, 0.4) is 0 Å². The summed E-state index contributed by atoms with van der Waals surface area (Å²) in [4.78, 5) is 2.13. The highest BCUT2D eigenvalue weighted by Gasteiger charge is 2.23. The van der Waals surface area contributed by atoms with Crippen molar-refractivity contribution in [3.63, 3.8) is 0 Å². The van der Waals surface area contributed by atoms with E-state index in [-0.39, 0.29) is 36.1 Å². The molecule has 0 unspecified atom stereocenters. The number of hydrogen-bond donors (Lipinski definition) is 1. The lowest BCUT2D eigenvalue weighted by molar-refractivity contribution is 0.305. The second-order valence-corrected chi connectivity index (χ2v) is 12.7. The zero-order valence-electron chi connectivity index (χ0n) is 22.7. The van der Waals surface area contributed by atoms with E-state index < -0.39 is 20.2 Å². The smallest absolute Gasteiger partial charge is 0.297 e. The van der Waals surface area contributed by atoms with Gasteiger partial charge in [0.05, 0.1) is 23.0 Å². The Bertz CT molecular complexity index is 1380. The van der Waals surface area contributed by atoms with Gasteiger partial charge in [0.15, 0.2) is 0 Å². The fraction of sp³-hybridized carbons (Fsp3) is 0.357. The van der Waals surface area contributed by atoms with Crippen molar-refractivity contribution in [3.05, 3.63) is 81.9 Å². The highest BCUT2D eigenvalue weighted by atomic mass is 32.2. The summed E-state index contributed by atoms with van der Waals surface area (Å²) >= 11 is 0. The van der Waals surface area contributed by atoms with Crippen molar-refractivity contribution in [2.75, 3.05) is 36.9 Å². The van der Waals surface area contributed by atoms with Crippen molar-refractivity contribution in [1.29, 1.82) is 0 Å². The number of nitrogens with zero attached hydrogens (tertiary/aromatic N) is 1. The molecule has 0 aliphatic heterocycles. The molecule has 3 aromatic rings. The van der Waals surface area contributed by atoms with Gasteiger partial charge in [-0.1, -0.05) is 35.4 Å². The van der Waals surface area contributed by atoms with Crippen molar-refractivity contribution in [3.8, 4) is 0 Å². The maximum absolute atomic E-state index is 13.0. The van der Waals surface area contributed by atoms with Gasteiger partial charge < -0.3 is 10.6 Å². The van der Waals surface area contributed by atoms with Gasteiger partial charge in [-0.05, 0) is 88.1 Å². The van der Waals surface area contributed by atoms with Gasteiger partial charge in [-0.2, -0.15) is 16.8 Å². The average molecular weight is 561 g/mol. The Morgan fingerprint density at radius 3 is 1.32 bits per heavy atom. The summed E-state index contributed by atoms with van der Waals surface area (Å²) in [6, 6.07) is 14.2. The van der Waals surface area contributed by atoms with Gasteiger partial charge in [0.2, 0.25) is 0 Å². The lowest BCUT2D eigenvalue weighted by Crippen LogP contribution is -2.32. The quantitative estimate of drug-likeness (QED) is 0.264. The first kappa shape index (κ1) is 29.6. The lowest BCUT2D eigenvalue weighted by Gasteiger charge is -2.25. The second-order valence-electron chi connectivity index (χ2n) is 9.59. The third kappa shape index (κ3) is 7.13. The summed E-state index contributed by atoms with van der Waals surface area (Å²) in [5, 5.41) is 0. The molecule has 0 saturated carbocycles. The summed E-state index contributed by atoms with van der Waals surface area (Å²) < 4.78 is 62.7. The maximum atomic E-state index is 13.0. The molecule has 0 bridgehead atoms. The molecule has 0 aliphatic carbocycles. The normalized spacial score (nSPS) is 12.1. The molecule has 38 heavy (non-hydrogen) atoms. The van der Waals surface area contributed by atoms with Gasteiger partial charge in [0, 0.05) is 24.5 Å². The van der Waals surface area contributed by atoms with Crippen LogP contribution in [-0.4, -0.2) is 43.1 Å². The fourth-order valence-corrected chi connectivity index (χ4v) is 7.45. The van der Waals surface area contributed by atoms with Crippen LogP contribution in [0.1, 0.15) is 33.4 Å². The van der Waals surface area contributed by atoms with Crippen LogP contribution in [0, 0.1) is 41.5 Å². The van der Waals surface area contributed by atoms with Gasteiger partial charge in [-0.3, -0.25) is 8.37 Å². The Morgan fingerprint density at radius 1 is 0.632 bits per heavy atom. The number of nitrogens with two attached hydrogens (primary N) is 1. The summed E-state index contributed by atoms with van der Waals surface area (Å²) in [6.07, 6.45) is 0. The van der Waals surface area contributed by atoms with Crippen LogP contribution in [0.4, 0.5) is 11.4 Å². The standard InChI is InChI=1S/C28H36N2O6S2/c1-19-15-21(3)27(22(4)16-19)37(31,32)35-13-11-30(26-9-7-25(29)8-10-26)12-14-36-38(33,34)28-23(5)17-20(2)18-24(28)6/h7-10,15-18H,11-14,29H2,1-6H3. The molecule has 0 atom stereocenters. The van der Waals surface area contributed by atoms with Crippen LogP contribution in [-0.2, 0) is 28.6 Å². The van der Waals surface area contributed by atoms with E-state index in [1.54, 1.807) is 81.1 Å². The summed E-state index contributed by atoms with van der Waals surface area (Å²) in [5.74, 6) is 0. The SMILES string of the molecule is Cc1cc(C)c(S(=O)(=O)OCCN(CCOS(=O)(=O)c2c(C)cc(C)cc2C)c2ccc(N)cc2)c(C)c1. The van der Waals surface area contributed by atoms with Crippen LogP contribution in [0.2, 0.25) is 0 Å². The van der Waals surface area contributed by atoms with Gasteiger partial charge in [-0.25, -0.2) is 0 Å². The van der Waals surface area contributed by atoms with Gasteiger partial charge >= 0.3 is 0 Å². The van der Waals surface area contributed by atoms with Crippen LogP contribution in [0.25, 0.3) is 0 Å². The molecular weight excluding hydrogens is 524 g/mol. The van der Waals surface area contributed by atoms with Crippen LogP contribution in [0.5, 0.6) is 0 Å². The number of anilines is 2. The van der Waals surface area contributed by atoms with E-state index in [1.807, 2.05) is 13.8 Å². The van der Waals surface area contributed by atoms with Gasteiger partial charge in [-0.15, -0.1) is 0 Å². The van der Waals surface area contributed by atoms with E-state index in [4.69, 9.17) is 14.1 Å². The molecule has 10 heteroatoms. The van der Waals surface area contributed by atoms with E-state index in [9.17, 15) is 16.8 Å².